The van der Waals surface area contributed by atoms with Crippen molar-refractivity contribution in [3.63, 3.8) is 0 Å². The second-order valence-corrected chi connectivity index (χ2v) is 7.16. The lowest BCUT2D eigenvalue weighted by Gasteiger charge is -2.28. The summed E-state index contributed by atoms with van der Waals surface area (Å²) in [5.41, 5.74) is 0.584. The Morgan fingerprint density at radius 3 is 2.50 bits per heavy atom. The van der Waals surface area contributed by atoms with E-state index in [2.05, 4.69) is 10.2 Å². The van der Waals surface area contributed by atoms with Crippen molar-refractivity contribution in [2.75, 3.05) is 26.3 Å². The smallest absolute Gasteiger partial charge is 0.378 e. The summed E-state index contributed by atoms with van der Waals surface area (Å²) in [7, 11) is 0. The lowest BCUT2D eigenvalue weighted by molar-refractivity contribution is -0.143. The highest BCUT2D eigenvalue weighted by Crippen LogP contribution is 2.41. The van der Waals surface area contributed by atoms with Crippen molar-refractivity contribution >= 4 is 5.91 Å². The van der Waals surface area contributed by atoms with E-state index < -0.39 is 17.8 Å². The Morgan fingerprint density at radius 2 is 1.90 bits per heavy atom. The van der Waals surface area contributed by atoms with E-state index in [1.165, 1.54) is 19.3 Å². The maximum atomic E-state index is 14.2. The Morgan fingerprint density at radius 1 is 1.20 bits per heavy atom. The van der Waals surface area contributed by atoms with Gasteiger partial charge < -0.3 is 14.2 Å². The van der Waals surface area contributed by atoms with Crippen LogP contribution in [0, 0.1) is 6.92 Å². The maximum absolute atomic E-state index is 14.2. The Kier molecular flexibility index (Phi) is 5.38. The molecule has 1 aliphatic rings. The van der Waals surface area contributed by atoms with Crippen molar-refractivity contribution in [1.29, 1.82) is 0 Å². The summed E-state index contributed by atoms with van der Waals surface area (Å²) in [5, 5.41) is 6.51. The first-order chi connectivity index (χ1) is 14.4. The van der Waals surface area contributed by atoms with Gasteiger partial charge in [0.2, 0.25) is 0 Å². The summed E-state index contributed by atoms with van der Waals surface area (Å²) in [4.78, 5) is 15.0. The van der Waals surface area contributed by atoms with Gasteiger partial charge in [0.25, 0.3) is 5.91 Å². The molecular formula is C21H21F3N4O2. The lowest BCUT2D eigenvalue weighted by Crippen LogP contribution is -2.41. The van der Waals surface area contributed by atoms with Gasteiger partial charge in [-0.2, -0.15) is 18.3 Å². The number of hydrogen-bond acceptors (Lipinski definition) is 3. The Labute approximate surface area is 171 Å². The van der Waals surface area contributed by atoms with E-state index in [-0.39, 0.29) is 23.4 Å². The van der Waals surface area contributed by atoms with Gasteiger partial charge in [0.1, 0.15) is 11.4 Å². The first kappa shape index (κ1) is 20.2. The molecule has 0 bridgehead atoms. The van der Waals surface area contributed by atoms with Crippen LogP contribution in [0.2, 0.25) is 0 Å². The molecule has 30 heavy (non-hydrogen) atoms. The van der Waals surface area contributed by atoms with Crippen LogP contribution in [-0.4, -0.2) is 51.9 Å². The number of benzene rings is 1. The fourth-order valence-corrected chi connectivity index (χ4v) is 3.91. The molecule has 0 aliphatic carbocycles. The monoisotopic (exact) mass is 418 g/mol. The van der Waals surface area contributed by atoms with Gasteiger partial charge in [0.15, 0.2) is 0 Å². The van der Waals surface area contributed by atoms with E-state index in [1.807, 2.05) is 0 Å². The highest BCUT2D eigenvalue weighted by Gasteiger charge is 2.42. The zero-order valence-corrected chi connectivity index (χ0v) is 16.4. The second-order valence-electron chi connectivity index (χ2n) is 7.16. The van der Waals surface area contributed by atoms with Gasteiger partial charge in [0.05, 0.1) is 19.4 Å². The molecule has 1 N–H and O–H groups in total. The number of H-pyrrole nitrogens is 1. The minimum atomic E-state index is -4.62. The largest absolute Gasteiger partial charge is 0.431 e. The molecule has 158 valence electrons. The van der Waals surface area contributed by atoms with E-state index in [1.54, 1.807) is 35.2 Å². The average Bonchev–Trinajstić information content (AvgIpc) is 3.34. The number of carbonyl (C=O) groups excluding carboxylic acids is 1. The molecule has 1 aliphatic heterocycles. The first-order valence-corrected chi connectivity index (χ1v) is 9.58. The van der Waals surface area contributed by atoms with Gasteiger partial charge in [-0.3, -0.25) is 9.89 Å². The molecular weight excluding hydrogens is 397 g/mol. The molecule has 1 saturated heterocycles. The topological polar surface area (TPSA) is 63.1 Å². The van der Waals surface area contributed by atoms with Gasteiger partial charge in [-0.05, 0) is 18.1 Å². The summed E-state index contributed by atoms with van der Waals surface area (Å²) in [6.45, 7) is 2.72. The number of alkyl halides is 3. The number of morpholine rings is 1. The number of amides is 1. The zero-order chi connectivity index (χ0) is 21.3. The molecule has 6 nitrogen and oxygen atoms in total. The lowest BCUT2D eigenvalue weighted by atomic mass is 10.0. The Bertz CT molecular complexity index is 1020. The Hall–Kier alpha value is -3.07. The molecule has 3 heterocycles. The van der Waals surface area contributed by atoms with Crippen molar-refractivity contribution in [3.8, 4) is 11.1 Å². The Balaban J connectivity index is 1.95. The molecule has 1 fully saturated rings. The molecule has 1 aromatic carbocycles. The third kappa shape index (κ3) is 3.72. The van der Waals surface area contributed by atoms with Crippen molar-refractivity contribution in [3.05, 3.63) is 65.2 Å². The molecule has 3 aromatic rings. The number of nitrogens with zero attached hydrogens (tertiary/aromatic N) is 3. The fourth-order valence-electron chi connectivity index (χ4n) is 3.91. The standard InChI is InChI=1S/C21H21F3N4O2/c1-14-17(16-11-25-26-12-16)18(20(29)27-7-9-30-10-8-27)28(19(14)21(22,23)24)13-15-5-3-2-4-6-15/h2-6,11-12H,7-10,13H2,1H3,(H,25,26). The van der Waals surface area contributed by atoms with Crippen LogP contribution < -0.4 is 0 Å². The SMILES string of the molecule is Cc1c(-c2cn[nH]c2)c(C(=O)N2CCOCC2)n(Cc2ccccc2)c1C(F)(F)F. The van der Waals surface area contributed by atoms with Crippen LogP contribution in [0.4, 0.5) is 13.2 Å². The molecule has 0 unspecified atom stereocenters. The van der Waals surface area contributed by atoms with E-state index in [9.17, 15) is 18.0 Å². The molecule has 9 heteroatoms. The minimum Gasteiger partial charge on any atom is -0.378 e. The van der Waals surface area contributed by atoms with E-state index in [0.717, 1.165) is 4.57 Å². The normalized spacial score (nSPS) is 14.9. The number of nitrogens with one attached hydrogen (secondary N) is 1. The summed E-state index contributed by atoms with van der Waals surface area (Å²) >= 11 is 0. The van der Waals surface area contributed by atoms with Crippen LogP contribution in [0.25, 0.3) is 11.1 Å². The van der Waals surface area contributed by atoms with Crippen LogP contribution >= 0.6 is 0 Å². The number of hydrogen-bond donors (Lipinski definition) is 1. The van der Waals surface area contributed by atoms with Gasteiger partial charge >= 0.3 is 6.18 Å². The third-order valence-electron chi connectivity index (χ3n) is 5.25. The van der Waals surface area contributed by atoms with Crippen LogP contribution in [-0.2, 0) is 17.5 Å². The number of aromatic nitrogens is 3. The average molecular weight is 418 g/mol. The third-order valence-corrected chi connectivity index (χ3v) is 5.25. The predicted molar refractivity (Wildman–Crippen MR) is 104 cm³/mol. The van der Waals surface area contributed by atoms with Crippen molar-refractivity contribution in [1.82, 2.24) is 19.7 Å². The molecule has 4 rings (SSSR count). The molecule has 0 saturated carbocycles. The van der Waals surface area contributed by atoms with Crippen molar-refractivity contribution in [2.24, 2.45) is 0 Å². The van der Waals surface area contributed by atoms with Gasteiger partial charge in [0, 0.05) is 37.0 Å². The van der Waals surface area contributed by atoms with Crippen molar-refractivity contribution < 1.29 is 22.7 Å². The van der Waals surface area contributed by atoms with Crippen LogP contribution in [0.15, 0.2) is 42.7 Å². The quantitative estimate of drug-likeness (QED) is 0.702. The van der Waals surface area contributed by atoms with Crippen molar-refractivity contribution in [2.45, 2.75) is 19.6 Å². The summed E-state index contributed by atoms with van der Waals surface area (Å²) in [6.07, 6.45) is -1.68. The molecule has 1 amide bonds. The number of halogens is 3. The predicted octanol–water partition coefficient (Wildman–Crippen LogP) is 3.73. The number of rotatable bonds is 4. The van der Waals surface area contributed by atoms with Gasteiger partial charge in [-0.15, -0.1) is 0 Å². The first-order valence-electron chi connectivity index (χ1n) is 9.58. The van der Waals surface area contributed by atoms with E-state index in [0.29, 0.717) is 37.4 Å². The zero-order valence-electron chi connectivity index (χ0n) is 16.4. The van der Waals surface area contributed by atoms with Gasteiger partial charge in [-0.1, -0.05) is 30.3 Å². The number of carbonyl (C=O) groups is 1. The van der Waals surface area contributed by atoms with Crippen LogP contribution in [0.1, 0.15) is 27.3 Å². The number of aromatic amines is 1. The van der Waals surface area contributed by atoms with E-state index >= 15 is 0 Å². The van der Waals surface area contributed by atoms with E-state index in [4.69, 9.17) is 4.74 Å². The maximum Gasteiger partial charge on any atom is 0.431 e. The number of ether oxygens (including phenoxy) is 1. The molecule has 2 aromatic heterocycles. The fraction of sp³-hybridized carbons (Fsp3) is 0.333. The summed E-state index contributed by atoms with van der Waals surface area (Å²) < 4.78 is 48.9. The molecule has 0 radical (unpaired) electrons. The highest BCUT2D eigenvalue weighted by atomic mass is 19.4. The second kappa shape index (κ2) is 7.98. The van der Waals surface area contributed by atoms with Crippen LogP contribution in [0.3, 0.4) is 0 Å². The molecule has 0 atom stereocenters. The minimum absolute atomic E-state index is 0.0106. The molecule has 0 spiro atoms. The van der Waals surface area contributed by atoms with Gasteiger partial charge in [-0.25, -0.2) is 0 Å². The summed E-state index contributed by atoms with van der Waals surface area (Å²) in [5.74, 6) is -0.441. The highest BCUT2D eigenvalue weighted by molar-refractivity contribution is 6.01. The van der Waals surface area contributed by atoms with Crippen LogP contribution in [0.5, 0.6) is 0 Å². The summed E-state index contributed by atoms with van der Waals surface area (Å²) in [6, 6.07) is 8.82.